The number of methoxy groups -OCH3 is 1. The van der Waals surface area contributed by atoms with Crippen molar-refractivity contribution in [1.29, 1.82) is 0 Å². The van der Waals surface area contributed by atoms with Crippen LogP contribution in [0.5, 0.6) is 0 Å². The fraction of sp³-hybridized carbons (Fsp3) is 0.643. The molecule has 0 aliphatic heterocycles. The molecular weight excluding hydrogens is 292 g/mol. The highest BCUT2D eigenvalue weighted by Gasteiger charge is 2.36. The second-order valence-electron chi connectivity index (χ2n) is 5.17. The number of hydrogen-bond acceptors (Lipinski definition) is 3. The number of pyridine rings is 1. The smallest absolute Gasteiger partial charge is 0.0587 e. The van der Waals surface area contributed by atoms with Crippen LogP contribution in [0, 0.1) is 5.41 Å². The molecule has 1 saturated carbocycles. The molecule has 0 radical (unpaired) electrons. The maximum atomic E-state index is 5.06. The molecule has 0 bridgehead atoms. The lowest BCUT2D eigenvalue weighted by Gasteiger charge is -2.42. The number of halogens is 1. The van der Waals surface area contributed by atoms with E-state index >= 15 is 0 Å². The zero-order valence-electron chi connectivity index (χ0n) is 10.9. The van der Waals surface area contributed by atoms with Crippen LogP contribution >= 0.6 is 15.9 Å². The summed E-state index contributed by atoms with van der Waals surface area (Å²) in [6, 6.07) is 4.20. The summed E-state index contributed by atoms with van der Waals surface area (Å²) < 4.78 is 6.11. The highest BCUT2D eigenvalue weighted by Crippen LogP contribution is 2.42. The molecule has 18 heavy (non-hydrogen) atoms. The van der Waals surface area contributed by atoms with E-state index in [0.717, 1.165) is 30.6 Å². The molecule has 1 fully saturated rings. The molecule has 0 amide bonds. The minimum Gasteiger partial charge on any atom is -0.383 e. The lowest BCUT2D eigenvalue weighted by molar-refractivity contribution is 0.121. The van der Waals surface area contributed by atoms with Crippen molar-refractivity contribution in [2.24, 2.45) is 5.41 Å². The number of nitrogens with one attached hydrogen (secondary N) is 1. The van der Waals surface area contributed by atoms with E-state index < -0.39 is 0 Å². The van der Waals surface area contributed by atoms with Crippen LogP contribution in [0.1, 0.15) is 25.0 Å². The first-order valence-electron chi connectivity index (χ1n) is 6.54. The highest BCUT2D eigenvalue weighted by molar-refractivity contribution is 9.10. The molecule has 0 saturated heterocycles. The maximum absolute atomic E-state index is 5.06. The van der Waals surface area contributed by atoms with Crippen LogP contribution in [0.3, 0.4) is 0 Å². The summed E-state index contributed by atoms with van der Waals surface area (Å²) in [5.41, 5.74) is 1.63. The van der Waals surface area contributed by atoms with Crippen LogP contribution in [-0.2, 0) is 11.2 Å². The summed E-state index contributed by atoms with van der Waals surface area (Å²) in [5, 5.41) is 3.50. The van der Waals surface area contributed by atoms with Crippen molar-refractivity contribution in [3.05, 3.63) is 28.5 Å². The average molecular weight is 313 g/mol. The topological polar surface area (TPSA) is 34.1 Å². The normalized spacial score (nSPS) is 17.4. The van der Waals surface area contributed by atoms with Gasteiger partial charge in [-0.1, -0.05) is 6.42 Å². The molecular formula is C14H21BrN2O. The summed E-state index contributed by atoms with van der Waals surface area (Å²) in [5.74, 6) is 0. The van der Waals surface area contributed by atoms with E-state index in [-0.39, 0.29) is 0 Å². The monoisotopic (exact) mass is 312 g/mol. The van der Waals surface area contributed by atoms with Crippen molar-refractivity contribution in [2.45, 2.75) is 25.7 Å². The molecule has 0 spiro atoms. The minimum atomic E-state index is 0.425. The van der Waals surface area contributed by atoms with E-state index in [1.54, 1.807) is 7.11 Å². The van der Waals surface area contributed by atoms with E-state index in [4.69, 9.17) is 4.74 Å². The van der Waals surface area contributed by atoms with Crippen LogP contribution in [0.2, 0.25) is 0 Å². The Balaban J connectivity index is 1.85. The number of ether oxygens (including phenoxy) is 1. The van der Waals surface area contributed by atoms with E-state index in [9.17, 15) is 0 Å². The molecule has 1 aliphatic rings. The predicted octanol–water partition coefficient (Wildman–Crippen LogP) is 2.79. The molecule has 100 valence electrons. The molecule has 0 atom stereocenters. The number of rotatable bonds is 7. The van der Waals surface area contributed by atoms with Gasteiger partial charge in [-0.25, -0.2) is 0 Å². The molecule has 0 unspecified atom stereocenters. The first-order chi connectivity index (χ1) is 8.74. The lowest BCUT2D eigenvalue weighted by atomic mass is 9.66. The summed E-state index contributed by atoms with van der Waals surface area (Å²) >= 11 is 3.43. The van der Waals surface area contributed by atoms with Gasteiger partial charge < -0.3 is 10.1 Å². The third-order valence-electron chi connectivity index (χ3n) is 3.74. The molecule has 2 rings (SSSR count). The van der Waals surface area contributed by atoms with Crippen LogP contribution in [0.25, 0.3) is 0 Å². The van der Waals surface area contributed by atoms with Crippen molar-refractivity contribution >= 4 is 15.9 Å². The quantitative estimate of drug-likeness (QED) is 0.786. The molecule has 4 heteroatoms. The Morgan fingerprint density at radius 1 is 1.44 bits per heavy atom. The fourth-order valence-electron chi connectivity index (χ4n) is 2.52. The molecule has 0 aromatic carbocycles. The summed E-state index contributed by atoms with van der Waals surface area (Å²) in [6.07, 6.45) is 6.94. The number of aromatic nitrogens is 1. The first kappa shape index (κ1) is 14.0. The van der Waals surface area contributed by atoms with Crippen LogP contribution in [0.4, 0.5) is 0 Å². The Labute approximate surface area is 117 Å². The lowest BCUT2D eigenvalue weighted by Crippen LogP contribution is -2.42. The average Bonchev–Trinajstić information content (AvgIpc) is 2.34. The van der Waals surface area contributed by atoms with E-state index in [1.165, 1.54) is 25.0 Å². The van der Waals surface area contributed by atoms with Gasteiger partial charge in [-0.15, -0.1) is 0 Å². The second kappa shape index (κ2) is 6.64. The largest absolute Gasteiger partial charge is 0.383 e. The highest BCUT2D eigenvalue weighted by atomic mass is 79.9. The Kier molecular flexibility index (Phi) is 5.15. The van der Waals surface area contributed by atoms with Gasteiger partial charge in [-0.05, 0) is 52.7 Å². The third-order valence-corrected chi connectivity index (χ3v) is 4.21. The van der Waals surface area contributed by atoms with Crippen molar-refractivity contribution in [3.63, 3.8) is 0 Å². The summed E-state index contributed by atoms with van der Waals surface area (Å²) in [6.45, 7) is 2.80. The number of hydrogen-bond donors (Lipinski definition) is 1. The zero-order valence-corrected chi connectivity index (χ0v) is 12.5. The maximum Gasteiger partial charge on any atom is 0.0587 e. The third kappa shape index (κ3) is 3.77. The SMILES string of the molecule is COCCNCC1(Cc2ccc(Br)cn2)CCC1. The molecule has 1 N–H and O–H groups in total. The Morgan fingerprint density at radius 3 is 2.83 bits per heavy atom. The molecule has 1 aromatic heterocycles. The van der Waals surface area contributed by atoms with Crippen LogP contribution in [0.15, 0.2) is 22.8 Å². The molecule has 3 nitrogen and oxygen atoms in total. The summed E-state index contributed by atoms with van der Waals surface area (Å²) in [7, 11) is 1.74. The predicted molar refractivity (Wildman–Crippen MR) is 76.7 cm³/mol. The van der Waals surface area contributed by atoms with Gasteiger partial charge in [0.1, 0.15) is 0 Å². The fourth-order valence-corrected chi connectivity index (χ4v) is 2.75. The zero-order chi connectivity index (χ0) is 12.8. The van der Waals surface area contributed by atoms with Gasteiger partial charge in [0.25, 0.3) is 0 Å². The van der Waals surface area contributed by atoms with E-state index in [0.29, 0.717) is 5.41 Å². The van der Waals surface area contributed by atoms with Gasteiger partial charge in [-0.2, -0.15) is 0 Å². The Hall–Kier alpha value is -0.450. The molecule has 1 heterocycles. The van der Waals surface area contributed by atoms with Crippen molar-refractivity contribution in [1.82, 2.24) is 10.3 Å². The van der Waals surface area contributed by atoms with Crippen molar-refractivity contribution in [3.8, 4) is 0 Å². The Morgan fingerprint density at radius 2 is 2.28 bits per heavy atom. The van der Waals surface area contributed by atoms with Gasteiger partial charge >= 0.3 is 0 Å². The van der Waals surface area contributed by atoms with E-state index in [2.05, 4.69) is 38.4 Å². The molecule has 1 aromatic rings. The molecule has 1 aliphatic carbocycles. The Bertz CT molecular complexity index is 363. The van der Waals surface area contributed by atoms with Gasteiger partial charge in [0.2, 0.25) is 0 Å². The standard InChI is InChI=1S/C14H21BrN2O/c1-18-8-7-16-11-14(5-2-6-14)9-13-4-3-12(15)10-17-13/h3-4,10,16H,2,5-9,11H2,1H3. The van der Waals surface area contributed by atoms with Gasteiger partial charge in [0, 0.05) is 36.6 Å². The van der Waals surface area contributed by atoms with Gasteiger partial charge in [0.05, 0.1) is 6.61 Å². The first-order valence-corrected chi connectivity index (χ1v) is 7.33. The van der Waals surface area contributed by atoms with Gasteiger partial charge in [0.15, 0.2) is 0 Å². The van der Waals surface area contributed by atoms with Gasteiger partial charge in [-0.3, -0.25) is 4.98 Å². The van der Waals surface area contributed by atoms with Crippen LogP contribution in [-0.4, -0.2) is 31.8 Å². The summed E-state index contributed by atoms with van der Waals surface area (Å²) in [4.78, 5) is 4.49. The van der Waals surface area contributed by atoms with Crippen molar-refractivity contribution in [2.75, 3.05) is 26.8 Å². The van der Waals surface area contributed by atoms with Crippen LogP contribution < -0.4 is 5.32 Å². The number of nitrogens with zero attached hydrogens (tertiary/aromatic N) is 1. The van der Waals surface area contributed by atoms with Crippen molar-refractivity contribution < 1.29 is 4.74 Å². The van der Waals surface area contributed by atoms with E-state index in [1.807, 2.05) is 6.20 Å². The minimum absolute atomic E-state index is 0.425. The second-order valence-corrected chi connectivity index (χ2v) is 6.08.